The van der Waals surface area contributed by atoms with Crippen LogP contribution in [0.15, 0.2) is 21.0 Å². The Morgan fingerprint density at radius 2 is 2.15 bits per heavy atom. The van der Waals surface area contributed by atoms with E-state index < -0.39 is 10.0 Å². The summed E-state index contributed by atoms with van der Waals surface area (Å²) in [5, 5.41) is 3.83. The first-order chi connectivity index (χ1) is 9.29. The molecule has 1 N–H and O–H groups in total. The van der Waals surface area contributed by atoms with Gasteiger partial charge in [0.15, 0.2) is 10.0 Å². The van der Waals surface area contributed by atoms with Gasteiger partial charge >= 0.3 is 0 Å². The van der Waals surface area contributed by atoms with Crippen molar-refractivity contribution in [1.29, 1.82) is 0 Å². The van der Waals surface area contributed by atoms with Gasteiger partial charge in [-0.1, -0.05) is 25.9 Å². The van der Waals surface area contributed by atoms with E-state index >= 15 is 0 Å². The zero-order chi connectivity index (χ0) is 14.8. The van der Waals surface area contributed by atoms with Gasteiger partial charge in [-0.05, 0) is 17.6 Å². The minimum absolute atomic E-state index is 0.195. The van der Waals surface area contributed by atoms with Crippen LogP contribution in [-0.2, 0) is 21.9 Å². The van der Waals surface area contributed by atoms with E-state index in [1.165, 1.54) is 12.3 Å². The number of hydrogen-bond donors (Lipinski definition) is 1. The van der Waals surface area contributed by atoms with Crippen LogP contribution in [0, 0.1) is 0 Å². The highest BCUT2D eigenvalue weighted by molar-refractivity contribution is 7.91. The molecule has 2 rings (SSSR count). The van der Waals surface area contributed by atoms with Gasteiger partial charge in [-0.25, -0.2) is 13.1 Å². The van der Waals surface area contributed by atoms with Crippen LogP contribution in [0.5, 0.6) is 0 Å². The molecule has 0 saturated heterocycles. The first kappa shape index (κ1) is 15.1. The second-order valence-corrected chi connectivity index (χ2v) is 8.07. The second kappa shape index (κ2) is 5.58. The third-order valence-corrected chi connectivity index (χ3v) is 5.10. The van der Waals surface area contributed by atoms with Gasteiger partial charge in [0.25, 0.3) is 10.0 Å². The number of nitrogens with one attached hydrogen (secondary N) is 1. The van der Waals surface area contributed by atoms with E-state index in [-0.39, 0.29) is 16.2 Å². The summed E-state index contributed by atoms with van der Waals surface area (Å²) >= 11 is 0.933. The molecule has 0 fully saturated rings. The molecule has 0 aliphatic carbocycles. The van der Waals surface area contributed by atoms with Crippen molar-refractivity contribution in [3.05, 3.63) is 24.0 Å². The third kappa shape index (κ3) is 3.62. The molecule has 110 valence electrons. The summed E-state index contributed by atoms with van der Waals surface area (Å²) in [7, 11) is -3.49. The topological polar surface area (TPSA) is 98.0 Å². The number of sulfonamides is 1. The predicted octanol–water partition coefficient (Wildman–Crippen LogP) is 1.34. The molecule has 9 heteroatoms. The van der Waals surface area contributed by atoms with Gasteiger partial charge in [-0.2, -0.15) is 9.36 Å². The van der Waals surface area contributed by atoms with E-state index in [2.05, 4.69) is 19.2 Å². The van der Waals surface area contributed by atoms with Crippen LogP contribution in [0.4, 0.5) is 0 Å². The van der Waals surface area contributed by atoms with Gasteiger partial charge in [0.2, 0.25) is 5.89 Å². The lowest BCUT2D eigenvalue weighted by Crippen LogP contribution is -2.25. The van der Waals surface area contributed by atoms with Crippen molar-refractivity contribution in [2.45, 2.75) is 36.8 Å². The molecule has 0 aliphatic heterocycles. The molecule has 0 amide bonds. The molecule has 0 atom stereocenters. The van der Waals surface area contributed by atoms with Gasteiger partial charge in [0.1, 0.15) is 0 Å². The minimum Gasteiger partial charge on any atom is -0.339 e. The normalized spacial score (nSPS) is 12.8. The van der Waals surface area contributed by atoms with Crippen LogP contribution >= 0.6 is 11.5 Å². The second-order valence-electron chi connectivity index (χ2n) is 5.25. The summed E-state index contributed by atoms with van der Waals surface area (Å²) in [4.78, 5) is 4.24. The quantitative estimate of drug-likeness (QED) is 0.894. The van der Waals surface area contributed by atoms with Crippen molar-refractivity contribution in [3.8, 4) is 0 Å². The first-order valence-electron chi connectivity index (χ1n) is 6.02. The SMILES string of the molecule is CC(C)(C)c1nc(CCNS(=O)(=O)c2ccns2)no1. The summed E-state index contributed by atoms with van der Waals surface area (Å²) in [5.41, 5.74) is -0.215. The Balaban J connectivity index is 1.92. The molecule has 0 aromatic carbocycles. The number of aromatic nitrogens is 3. The molecule has 7 nitrogen and oxygen atoms in total. The maximum absolute atomic E-state index is 11.8. The zero-order valence-corrected chi connectivity index (χ0v) is 13.1. The maximum Gasteiger partial charge on any atom is 0.251 e. The lowest BCUT2D eigenvalue weighted by atomic mass is 9.97. The van der Waals surface area contributed by atoms with Crippen molar-refractivity contribution in [1.82, 2.24) is 19.2 Å². The van der Waals surface area contributed by atoms with Crippen LogP contribution in [-0.4, -0.2) is 29.5 Å². The molecule has 0 saturated carbocycles. The van der Waals surface area contributed by atoms with Crippen molar-refractivity contribution < 1.29 is 12.9 Å². The van der Waals surface area contributed by atoms with E-state index in [4.69, 9.17) is 4.52 Å². The fourth-order valence-corrected chi connectivity index (χ4v) is 3.17. The standard InChI is InChI=1S/C11H16N4O3S2/c1-11(2,3)10-14-8(15-18-10)4-7-13-20(16,17)9-5-6-12-19-9/h5-6,13H,4,7H2,1-3H3. The van der Waals surface area contributed by atoms with Gasteiger partial charge in [-0.3, -0.25) is 0 Å². The molecule has 0 bridgehead atoms. The van der Waals surface area contributed by atoms with Gasteiger partial charge in [0, 0.05) is 24.6 Å². The van der Waals surface area contributed by atoms with E-state index in [0.717, 1.165) is 11.5 Å². The molecule has 20 heavy (non-hydrogen) atoms. The molecular weight excluding hydrogens is 300 g/mol. The smallest absolute Gasteiger partial charge is 0.251 e. The largest absolute Gasteiger partial charge is 0.339 e. The Labute approximate surface area is 121 Å². The van der Waals surface area contributed by atoms with E-state index in [1.54, 1.807) is 0 Å². The Morgan fingerprint density at radius 3 is 2.70 bits per heavy atom. The minimum atomic E-state index is -3.49. The van der Waals surface area contributed by atoms with E-state index in [0.29, 0.717) is 18.1 Å². The van der Waals surface area contributed by atoms with Crippen molar-refractivity contribution in [2.75, 3.05) is 6.54 Å². The molecule has 2 aromatic heterocycles. The molecule has 0 unspecified atom stereocenters. The zero-order valence-electron chi connectivity index (χ0n) is 11.5. The average molecular weight is 316 g/mol. The van der Waals surface area contributed by atoms with Crippen molar-refractivity contribution in [3.63, 3.8) is 0 Å². The predicted molar refractivity (Wildman–Crippen MR) is 74.0 cm³/mol. The Hall–Kier alpha value is -1.32. The number of rotatable bonds is 5. The highest BCUT2D eigenvalue weighted by Gasteiger charge is 2.22. The van der Waals surface area contributed by atoms with Crippen molar-refractivity contribution in [2.24, 2.45) is 0 Å². The number of nitrogens with zero attached hydrogens (tertiary/aromatic N) is 3. The van der Waals surface area contributed by atoms with Crippen LogP contribution in [0.2, 0.25) is 0 Å². The van der Waals surface area contributed by atoms with Crippen LogP contribution in [0.1, 0.15) is 32.5 Å². The third-order valence-electron chi connectivity index (χ3n) is 2.43. The molecule has 0 spiro atoms. The van der Waals surface area contributed by atoms with E-state index in [1.807, 2.05) is 20.8 Å². The Bertz CT molecular complexity index is 656. The lowest BCUT2D eigenvalue weighted by molar-refractivity contribution is 0.318. The maximum atomic E-state index is 11.8. The fourth-order valence-electron chi connectivity index (χ4n) is 1.37. The summed E-state index contributed by atoms with van der Waals surface area (Å²) in [6.07, 6.45) is 1.83. The van der Waals surface area contributed by atoms with Gasteiger partial charge < -0.3 is 4.52 Å². The highest BCUT2D eigenvalue weighted by atomic mass is 32.2. The summed E-state index contributed by atoms with van der Waals surface area (Å²) < 4.78 is 35.3. The van der Waals surface area contributed by atoms with Gasteiger partial charge in [0.05, 0.1) is 0 Å². The lowest BCUT2D eigenvalue weighted by Gasteiger charge is -2.10. The molecule has 0 aliphatic rings. The Kier molecular flexibility index (Phi) is 4.21. The van der Waals surface area contributed by atoms with Gasteiger partial charge in [-0.15, -0.1) is 0 Å². The molecular formula is C11H16N4O3S2. The Morgan fingerprint density at radius 1 is 1.40 bits per heavy atom. The number of hydrogen-bond acceptors (Lipinski definition) is 7. The van der Waals surface area contributed by atoms with Crippen LogP contribution in [0.25, 0.3) is 0 Å². The van der Waals surface area contributed by atoms with Crippen molar-refractivity contribution >= 4 is 21.6 Å². The monoisotopic (exact) mass is 316 g/mol. The fraction of sp³-hybridized carbons (Fsp3) is 0.545. The van der Waals surface area contributed by atoms with Crippen LogP contribution in [0.3, 0.4) is 0 Å². The highest BCUT2D eigenvalue weighted by Crippen LogP contribution is 2.19. The summed E-state index contributed by atoms with van der Waals surface area (Å²) in [6.45, 7) is 6.12. The first-order valence-corrected chi connectivity index (χ1v) is 8.28. The molecule has 2 heterocycles. The van der Waals surface area contributed by atoms with Crippen LogP contribution < -0.4 is 4.72 Å². The summed E-state index contributed by atoms with van der Waals surface area (Å²) in [5.74, 6) is 1.03. The molecule has 0 radical (unpaired) electrons. The summed E-state index contributed by atoms with van der Waals surface area (Å²) in [6, 6.07) is 1.46. The average Bonchev–Trinajstić information content (AvgIpc) is 2.99. The molecule has 2 aromatic rings. The van der Waals surface area contributed by atoms with E-state index in [9.17, 15) is 8.42 Å².